The second-order valence-corrected chi connectivity index (χ2v) is 10.1. The molecular formula is C16H32N2O6S2. The molecule has 0 heterocycles. The molecule has 0 aromatic rings. The van der Waals surface area contributed by atoms with E-state index in [1.807, 2.05) is 0 Å². The Balaban J connectivity index is 5.34. The van der Waals surface area contributed by atoms with Crippen molar-refractivity contribution in [3.63, 3.8) is 0 Å². The SMILES string of the molecule is CC(C)(CO)C(O)C(=O)N(CCSSCCN)C(=O)C(O)C(C)(C)CO. The number of nitrogens with two attached hydrogens (primary N) is 1. The van der Waals surface area contributed by atoms with Gasteiger partial charge in [0.15, 0.2) is 0 Å². The van der Waals surface area contributed by atoms with Crippen molar-refractivity contribution in [3.05, 3.63) is 0 Å². The third-order valence-corrected chi connectivity index (χ3v) is 6.40. The maximum Gasteiger partial charge on any atom is 0.258 e. The quantitative estimate of drug-likeness (QED) is 0.210. The van der Waals surface area contributed by atoms with Gasteiger partial charge in [-0.3, -0.25) is 14.5 Å². The summed E-state index contributed by atoms with van der Waals surface area (Å²) < 4.78 is 0. The summed E-state index contributed by atoms with van der Waals surface area (Å²) in [4.78, 5) is 26.1. The molecule has 0 aromatic carbocycles. The molecule has 26 heavy (non-hydrogen) atoms. The molecule has 0 bridgehead atoms. The van der Waals surface area contributed by atoms with Gasteiger partial charge < -0.3 is 26.2 Å². The molecule has 0 saturated heterocycles. The van der Waals surface area contributed by atoms with E-state index in [1.165, 1.54) is 49.3 Å². The Morgan fingerprint density at radius 2 is 1.31 bits per heavy atom. The third kappa shape index (κ3) is 7.34. The predicted molar refractivity (Wildman–Crippen MR) is 104 cm³/mol. The number of hydrogen-bond donors (Lipinski definition) is 5. The Bertz CT molecular complexity index is 428. The second-order valence-electron chi connectivity index (χ2n) is 7.36. The summed E-state index contributed by atoms with van der Waals surface area (Å²) in [5.74, 6) is -0.661. The van der Waals surface area contributed by atoms with Gasteiger partial charge in [-0.2, -0.15) is 0 Å². The molecule has 2 amide bonds. The molecule has 0 saturated carbocycles. The number of carbonyl (C=O) groups excluding carboxylic acids is 2. The van der Waals surface area contributed by atoms with E-state index in [0.717, 1.165) is 4.90 Å². The van der Waals surface area contributed by atoms with Crippen LogP contribution in [0.25, 0.3) is 0 Å². The number of aliphatic hydroxyl groups is 4. The zero-order valence-electron chi connectivity index (χ0n) is 15.8. The standard InChI is InChI=1S/C16H32N2O6S2/c1-15(2,9-19)11(21)13(23)18(6-8-26-25-7-5-17)14(24)12(22)16(3,4)10-20/h11-12,19-22H,5-10,17H2,1-4H3. The van der Waals surface area contributed by atoms with Gasteiger partial charge in [0, 0.05) is 35.4 Å². The molecule has 8 nitrogen and oxygen atoms in total. The van der Waals surface area contributed by atoms with Crippen molar-refractivity contribution in [2.24, 2.45) is 16.6 Å². The Hall–Kier alpha value is -0.360. The molecule has 10 heteroatoms. The van der Waals surface area contributed by atoms with E-state index < -0.39 is 48.1 Å². The number of rotatable bonds is 12. The van der Waals surface area contributed by atoms with E-state index in [-0.39, 0.29) is 6.54 Å². The fourth-order valence-corrected chi connectivity index (χ4v) is 3.57. The van der Waals surface area contributed by atoms with Gasteiger partial charge in [0.25, 0.3) is 11.8 Å². The van der Waals surface area contributed by atoms with Gasteiger partial charge in [-0.05, 0) is 0 Å². The first kappa shape index (κ1) is 25.6. The summed E-state index contributed by atoms with van der Waals surface area (Å²) in [5, 5.41) is 39.3. The van der Waals surface area contributed by atoms with Crippen LogP contribution in [-0.2, 0) is 9.59 Å². The fourth-order valence-electron chi connectivity index (χ4n) is 1.76. The molecule has 0 aliphatic carbocycles. The Kier molecular flexibility index (Phi) is 11.3. The molecular weight excluding hydrogens is 380 g/mol. The van der Waals surface area contributed by atoms with Gasteiger partial charge in [0.1, 0.15) is 12.2 Å². The number of aliphatic hydroxyl groups excluding tert-OH is 4. The highest BCUT2D eigenvalue weighted by molar-refractivity contribution is 8.76. The first-order valence-corrected chi connectivity index (χ1v) is 10.8. The van der Waals surface area contributed by atoms with Gasteiger partial charge in [-0.1, -0.05) is 49.3 Å². The van der Waals surface area contributed by atoms with Crippen molar-refractivity contribution in [1.82, 2.24) is 4.90 Å². The van der Waals surface area contributed by atoms with Crippen LogP contribution in [0.1, 0.15) is 27.7 Å². The minimum absolute atomic E-state index is 0.0168. The largest absolute Gasteiger partial charge is 0.396 e. The Morgan fingerprint density at radius 1 is 0.923 bits per heavy atom. The zero-order valence-corrected chi connectivity index (χ0v) is 17.5. The van der Waals surface area contributed by atoms with Gasteiger partial charge in [0.05, 0.1) is 13.2 Å². The number of carbonyl (C=O) groups is 2. The average molecular weight is 413 g/mol. The Labute approximate surface area is 162 Å². The summed E-state index contributed by atoms with van der Waals surface area (Å²) in [5.41, 5.74) is 3.12. The van der Waals surface area contributed by atoms with Crippen molar-refractivity contribution in [2.75, 3.05) is 37.8 Å². The first-order chi connectivity index (χ1) is 12.0. The average Bonchev–Trinajstić information content (AvgIpc) is 2.62. The van der Waals surface area contributed by atoms with E-state index in [0.29, 0.717) is 18.1 Å². The molecule has 154 valence electrons. The summed E-state index contributed by atoms with van der Waals surface area (Å²) in [6, 6.07) is 0. The molecule has 0 aliphatic rings. The lowest BCUT2D eigenvalue weighted by molar-refractivity contribution is -0.163. The highest BCUT2D eigenvalue weighted by Gasteiger charge is 2.42. The zero-order chi connectivity index (χ0) is 20.5. The van der Waals surface area contributed by atoms with Crippen molar-refractivity contribution in [2.45, 2.75) is 39.9 Å². The van der Waals surface area contributed by atoms with E-state index in [1.54, 1.807) is 0 Å². The normalized spacial score (nSPS) is 14.8. The van der Waals surface area contributed by atoms with Crippen LogP contribution < -0.4 is 5.73 Å². The fraction of sp³-hybridized carbons (Fsp3) is 0.875. The van der Waals surface area contributed by atoms with Crippen LogP contribution in [0.5, 0.6) is 0 Å². The van der Waals surface area contributed by atoms with Crippen LogP contribution in [0.15, 0.2) is 0 Å². The van der Waals surface area contributed by atoms with Crippen molar-refractivity contribution >= 4 is 33.4 Å². The third-order valence-electron chi connectivity index (χ3n) is 3.98. The van der Waals surface area contributed by atoms with Crippen LogP contribution in [0, 0.1) is 10.8 Å². The minimum Gasteiger partial charge on any atom is -0.396 e. The summed E-state index contributed by atoms with van der Waals surface area (Å²) in [6.07, 6.45) is -3.22. The summed E-state index contributed by atoms with van der Waals surface area (Å²) in [7, 11) is 2.91. The van der Waals surface area contributed by atoms with E-state index in [9.17, 15) is 30.0 Å². The minimum atomic E-state index is -1.61. The highest BCUT2D eigenvalue weighted by atomic mass is 33.1. The molecule has 2 atom stereocenters. The highest BCUT2D eigenvalue weighted by Crippen LogP contribution is 2.26. The molecule has 0 radical (unpaired) electrons. The lowest BCUT2D eigenvalue weighted by Gasteiger charge is -2.35. The van der Waals surface area contributed by atoms with Crippen molar-refractivity contribution in [1.29, 1.82) is 0 Å². The monoisotopic (exact) mass is 412 g/mol. The maximum absolute atomic E-state index is 12.7. The maximum atomic E-state index is 12.7. The van der Waals surface area contributed by atoms with E-state index in [2.05, 4.69) is 0 Å². The molecule has 0 fully saturated rings. The van der Waals surface area contributed by atoms with E-state index >= 15 is 0 Å². The second kappa shape index (κ2) is 11.5. The lowest BCUT2D eigenvalue weighted by Crippen LogP contribution is -2.55. The Morgan fingerprint density at radius 3 is 1.65 bits per heavy atom. The van der Waals surface area contributed by atoms with Crippen LogP contribution in [0.3, 0.4) is 0 Å². The molecule has 0 aliphatic heterocycles. The molecule has 0 rings (SSSR count). The van der Waals surface area contributed by atoms with Gasteiger partial charge >= 0.3 is 0 Å². The van der Waals surface area contributed by atoms with Crippen molar-refractivity contribution < 1.29 is 30.0 Å². The summed E-state index contributed by atoms with van der Waals surface area (Å²) in [6.45, 7) is 5.58. The lowest BCUT2D eigenvalue weighted by atomic mass is 9.85. The predicted octanol–water partition coefficient (Wildman–Crippen LogP) is -0.559. The van der Waals surface area contributed by atoms with E-state index in [4.69, 9.17) is 5.73 Å². The number of imide groups is 1. The van der Waals surface area contributed by atoms with Gasteiger partial charge in [-0.25, -0.2) is 0 Å². The number of hydrogen-bond acceptors (Lipinski definition) is 9. The molecule has 0 aromatic heterocycles. The van der Waals surface area contributed by atoms with Crippen molar-refractivity contribution in [3.8, 4) is 0 Å². The smallest absolute Gasteiger partial charge is 0.258 e. The summed E-state index contributed by atoms with van der Waals surface area (Å²) >= 11 is 0. The van der Waals surface area contributed by atoms with Gasteiger partial charge in [-0.15, -0.1) is 0 Å². The van der Waals surface area contributed by atoms with Crippen LogP contribution >= 0.6 is 21.6 Å². The first-order valence-electron chi connectivity index (χ1n) is 8.33. The number of amides is 2. The topological polar surface area (TPSA) is 144 Å². The molecule has 6 N–H and O–H groups in total. The van der Waals surface area contributed by atoms with Gasteiger partial charge in [0.2, 0.25) is 0 Å². The molecule has 2 unspecified atom stereocenters. The van der Waals surface area contributed by atoms with Crippen LogP contribution in [-0.4, -0.2) is 87.2 Å². The molecule has 0 spiro atoms. The van der Waals surface area contributed by atoms with Crippen LogP contribution in [0.4, 0.5) is 0 Å². The number of nitrogens with zero attached hydrogens (tertiary/aromatic N) is 1. The van der Waals surface area contributed by atoms with Crippen LogP contribution in [0.2, 0.25) is 0 Å².